The monoisotopic (exact) mass is 230 g/mol. The summed E-state index contributed by atoms with van der Waals surface area (Å²) < 4.78 is 7.19. The number of aryl methyl sites for hydroxylation is 4. The van der Waals surface area contributed by atoms with E-state index in [0.29, 0.717) is 0 Å². The molecule has 0 unspecified atom stereocenters. The molecule has 0 spiro atoms. The van der Waals surface area contributed by atoms with Crippen LogP contribution in [0, 0.1) is 13.8 Å². The van der Waals surface area contributed by atoms with Gasteiger partial charge in [-0.25, -0.2) is 0 Å². The van der Waals surface area contributed by atoms with Gasteiger partial charge in [-0.1, -0.05) is 12.1 Å². The summed E-state index contributed by atoms with van der Waals surface area (Å²) in [7, 11) is 1.69. The fourth-order valence-electron chi connectivity index (χ4n) is 1.93. The van der Waals surface area contributed by atoms with Crippen LogP contribution in [0.5, 0.6) is 5.75 Å². The Morgan fingerprint density at radius 1 is 1.18 bits per heavy atom. The number of rotatable bonds is 4. The van der Waals surface area contributed by atoms with Gasteiger partial charge in [-0.15, -0.1) is 0 Å². The molecular weight excluding hydrogens is 212 g/mol. The van der Waals surface area contributed by atoms with Crippen molar-refractivity contribution in [1.82, 2.24) is 9.78 Å². The maximum atomic E-state index is 5.14. The SMILES string of the molecule is COc1ccc(CCn2nc(C)cc2C)cc1. The van der Waals surface area contributed by atoms with E-state index in [1.165, 1.54) is 11.3 Å². The first kappa shape index (κ1) is 11.7. The molecule has 0 fully saturated rings. The van der Waals surface area contributed by atoms with Gasteiger partial charge in [0.25, 0.3) is 0 Å². The number of methoxy groups -OCH3 is 1. The van der Waals surface area contributed by atoms with Crippen LogP contribution in [0.4, 0.5) is 0 Å². The van der Waals surface area contributed by atoms with E-state index in [1.807, 2.05) is 19.1 Å². The zero-order valence-corrected chi connectivity index (χ0v) is 10.6. The minimum absolute atomic E-state index is 0.903. The van der Waals surface area contributed by atoms with E-state index in [1.54, 1.807) is 7.11 Å². The van der Waals surface area contributed by atoms with E-state index in [0.717, 1.165) is 24.4 Å². The minimum Gasteiger partial charge on any atom is -0.497 e. The largest absolute Gasteiger partial charge is 0.497 e. The highest BCUT2D eigenvalue weighted by Gasteiger charge is 2.01. The lowest BCUT2D eigenvalue weighted by Gasteiger charge is -2.05. The van der Waals surface area contributed by atoms with Gasteiger partial charge in [-0.3, -0.25) is 4.68 Å². The summed E-state index contributed by atoms with van der Waals surface area (Å²) in [5.41, 5.74) is 3.60. The molecule has 0 radical (unpaired) electrons. The molecule has 1 aromatic heterocycles. The van der Waals surface area contributed by atoms with Gasteiger partial charge >= 0.3 is 0 Å². The molecule has 3 nitrogen and oxygen atoms in total. The Morgan fingerprint density at radius 3 is 2.41 bits per heavy atom. The lowest BCUT2D eigenvalue weighted by Crippen LogP contribution is -2.05. The molecule has 90 valence electrons. The molecule has 1 heterocycles. The summed E-state index contributed by atoms with van der Waals surface area (Å²) in [5, 5.41) is 4.45. The molecule has 0 N–H and O–H groups in total. The van der Waals surface area contributed by atoms with E-state index in [2.05, 4.69) is 34.9 Å². The zero-order valence-electron chi connectivity index (χ0n) is 10.6. The molecule has 0 bridgehead atoms. The molecule has 0 aliphatic rings. The predicted octanol–water partition coefficient (Wildman–Crippen LogP) is 2.75. The van der Waals surface area contributed by atoms with Crippen molar-refractivity contribution in [3.8, 4) is 5.75 Å². The second-order valence-corrected chi connectivity index (χ2v) is 4.25. The molecule has 17 heavy (non-hydrogen) atoms. The van der Waals surface area contributed by atoms with Gasteiger partial charge < -0.3 is 4.74 Å². The van der Waals surface area contributed by atoms with Crippen LogP contribution in [0.2, 0.25) is 0 Å². The highest BCUT2D eigenvalue weighted by atomic mass is 16.5. The lowest BCUT2D eigenvalue weighted by atomic mass is 10.1. The number of nitrogens with zero attached hydrogens (tertiary/aromatic N) is 2. The van der Waals surface area contributed by atoms with Gasteiger partial charge in [0.15, 0.2) is 0 Å². The molecule has 0 saturated heterocycles. The standard InChI is InChI=1S/C14H18N2O/c1-11-10-12(2)16(15-11)9-8-13-4-6-14(17-3)7-5-13/h4-7,10H,8-9H2,1-3H3. The zero-order chi connectivity index (χ0) is 12.3. The van der Waals surface area contributed by atoms with Crippen molar-refractivity contribution in [2.75, 3.05) is 7.11 Å². The summed E-state index contributed by atoms with van der Waals surface area (Å²) in [6.07, 6.45) is 0.992. The van der Waals surface area contributed by atoms with Crippen molar-refractivity contribution in [2.24, 2.45) is 0 Å². The number of aromatic nitrogens is 2. The Balaban J connectivity index is 1.99. The molecule has 1 aromatic carbocycles. The molecule has 0 aliphatic carbocycles. The Hall–Kier alpha value is -1.77. The summed E-state index contributed by atoms with van der Waals surface area (Å²) in [4.78, 5) is 0. The minimum atomic E-state index is 0.903. The van der Waals surface area contributed by atoms with Gasteiger partial charge in [0.1, 0.15) is 5.75 Å². The molecule has 0 saturated carbocycles. The smallest absolute Gasteiger partial charge is 0.118 e. The third-order valence-corrected chi connectivity index (χ3v) is 2.87. The van der Waals surface area contributed by atoms with E-state index in [-0.39, 0.29) is 0 Å². The number of ether oxygens (including phenoxy) is 1. The number of hydrogen-bond donors (Lipinski definition) is 0. The third-order valence-electron chi connectivity index (χ3n) is 2.87. The van der Waals surface area contributed by atoms with Crippen molar-refractivity contribution in [2.45, 2.75) is 26.8 Å². The average Bonchev–Trinajstić information content (AvgIpc) is 2.66. The highest BCUT2D eigenvalue weighted by molar-refractivity contribution is 5.27. The maximum absolute atomic E-state index is 5.14. The van der Waals surface area contributed by atoms with Crippen molar-refractivity contribution in [3.63, 3.8) is 0 Å². The summed E-state index contributed by atoms with van der Waals surface area (Å²) in [6.45, 7) is 5.04. The first-order chi connectivity index (χ1) is 8.19. The average molecular weight is 230 g/mol. The predicted molar refractivity (Wildman–Crippen MR) is 68.4 cm³/mol. The Morgan fingerprint density at radius 2 is 1.88 bits per heavy atom. The fraction of sp³-hybridized carbons (Fsp3) is 0.357. The summed E-state index contributed by atoms with van der Waals surface area (Å²) in [5.74, 6) is 0.903. The fourth-order valence-corrected chi connectivity index (χ4v) is 1.93. The van der Waals surface area contributed by atoms with Crippen LogP contribution in [0.3, 0.4) is 0 Å². The quantitative estimate of drug-likeness (QED) is 0.807. The van der Waals surface area contributed by atoms with Crippen molar-refractivity contribution in [1.29, 1.82) is 0 Å². The van der Waals surface area contributed by atoms with Crippen LogP contribution in [-0.2, 0) is 13.0 Å². The highest BCUT2D eigenvalue weighted by Crippen LogP contribution is 2.12. The number of hydrogen-bond acceptors (Lipinski definition) is 2. The molecule has 0 atom stereocenters. The van der Waals surface area contributed by atoms with E-state index in [4.69, 9.17) is 4.74 Å². The molecule has 0 amide bonds. The van der Waals surface area contributed by atoms with Crippen LogP contribution < -0.4 is 4.74 Å². The summed E-state index contributed by atoms with van der Waals surface area (Å²) >= 11 is 0. The topological polar surface area (TPSA) is 27.1 Å². The van der Waals surface area contributed by atoms with Gasteiger partial charge in [0.2, 0.25) is 0 Å². The van der Waals surface area contributed by atoms with Crippen LogP contribution in [0.1, 0.15) is 17.0 Å². The molecule has 2 rings (SSSR count). The molecule has 0 aliphatic heterocycles. The Kier molecular flexibility index (Phi) is 3.47. The van der Waals surface area contributed by atoms with Crippen LogP contribution in [-0.4, -0.2) is 16.9 Å². The van der Waals surface area contributed by atoms with Crippen molar-refractivity contribution < 1.29 is 4.74 Å². The van der Waals surface area contributed by atoms with Crippen LogP contribution >= 0.6 is 0 Å². The molecular formula is C14H18N2O. The first-order valence-corrected chi connectivity index (χ1v) is 5.83. The van der Waals surface area contributed by atoms with E-state index < -0.39 is 0 Å². The number of benzene rings is 1. The normalized spacial score (nSPS) is 10.5. The van der Waals surface area contributed by atoms with E-state index in [9.17, 15) is 0 Å². The molecule has 2 aromatic rings. The van der Waals surface area contributed by atoms with E-state index >= 15 is 0 Å². The van der Waals surface area contributed by atoms with Gasteiger partial charge in [-0.05, 0) is 44.0 Å². The summed E-state index contributed by atoms with van der Waals surface area (Å²) in [6, 6.07) is 10.3. The third kappa shape index (κ3) is 2.87. The van der Waals surface area contributed by atoms with Gasteiger partial charge in [-0.2, -0.15) is 5.10 Å². The van der Waals surface area contributed by atoms with Crippen LogP contribution in [0.25, 0.3) is 0 Å². The first-order valence-electron chi connectivity index (χ1n) is 5.83. The second-order valence-electron chi connectivity index (χ2n) is 4.25. The van der Waals surface area contributed by atoms with Crippen molar-refractivity contribution in [3.05, 3.63) is 47.3 Å². The Bertz CT molecular complexity index is 485. The van der Waals surface area contributed by atoms with Crippen LogP contribution in [0.15, 0.2) is 30.3 Å². The molecule has 3 heteroatoms. The maximum Gasteiger partial charge on any atom is 0.118 e. The Labute approximate surface area is 102 Å². The van der Waals surface area contributed by atoms with Crippen molar-refractivity contribution >= 4 is 0 Å². The van der Waals surface area contributed by atoms with Gasteiger partial charge in [0.05, 0.1) is 12.8 Å². The second kappa shape index (κ2) is 5.04. The lowest BCUT2D eigenvalue weighted by molar-refractivity contribution is 0.414. The van der Waals surface area contributed by atoms with Gasteiger partial charge in [0, 0.05) is 12.2 Å².